The molecule has 4 atom stereocenters. The highest BCUT2D eigenvalue weighted by atomic mass is 16.4. The van der Waals surface area contributed by atoms with Gasteiger partial charge in [0.25, 0.3) is 0 Å². The Hall–Kier alpha value is -2.24. The van der Waals surface area contributed by atoms with Gasteiger partial charge in [-0.3, -0.25) is 14.4 Å². The van der Waals surface area contributed by atoms with Crippen LogP contribution in [0.5, 0.6) is 0 Å². The van der Waals surface area contributed by atoms with Gasteiger partial charge in [-0.15, -0.1) is 0 Å². The van der Waals surface area contributed by atoms with Gasteiger partial charge in [-0.1, -0.05) is 13.8 Å². The summed E-state index contributed by atoms with van der Waals surface area (Å²) in [4.78, 5) is 49.4. The maximum absolute atomic E-state index is 12.6. The Labute approximate surface area is 156 Å². The van der Waals surface area contributed by atoms with Crippen molar-refractivity contribution in [2.24, 2.45) is 11.7 Å². The number of hydrogen-bond donors (Lipinski definition) is 6. The number of carbonyl (C=O) groups excluding carboxylic acids is 3. The summed E-state index contributed by atoms with van der Waals surface area (Å²) in [5.74, 6) is -3.60. The molecule has 4 unspecified atom stereocenters. The number of aliphatic carboxylic acids is 1. The number of nitrogens with one attached hydrogen (secondary N) is 2. The fourth-order valence-electron chi connectivity index (χ4n) is 2.81. The molecule has 1 aliphatic rings. The zero-order valence-corrected chi connectivity index (χ0v) is 15.4. The molecule has 0 aromatic carbocycles. The Morgan fingerprint density at radius 3 is 2.26 bits per heavy atom. The molecule has 0 aromatic rings. The van der Waals surface area contributed by atoms with Crippen molar-refractivity contribution in [2.45, 2.75) is 50.9 Å². The largest absolute Gasteiger partial charge is 0.480 e. The molecule has 1 aliphatic heterocycles. The number of carbonyl (C=O) groups is 4. The van der Waals surface area contributed by atoms with E-state index >= 15 is 0 Å². The first kappa shape index (κ1) is 22.8. The van der Waals surface area contributed by atoms with Crippen molar-refractivity contribution in [2.75, 3.05) is 19.8 Å². The molecule has 1 saturated heterocycles. The van der Waals surface area contributed by atoms with Crippen LogP contribution in [0, 0.1) is 5.92 Å². The first-order chi connectivity index (χ1) is 12.6. The number of nitrogens with two attached hydrogens (primary N) is 1. The third kappa shape index (κ3) is 5.88. The number of rotatable bonds is 9. The topological polar surface area (TPSA) is 182 Å². The van der Waals surface area contributed by atoms with Gasteiger partial charge >= 0.3 is 5.97 Å². The highest BCUT2D eigenvalue weighted by Gasteiger charge is 2.39. The lowest BCUT2D eigenvalue weighted by molar-refractivity contribution is -0.146. The summed E-state index contributed by atoms with van der Waals surface area (Å²) in [6.45, 7) is 2.20. The lowest BCUT2D eigenvalue weighted by Gasteiger charge is -2.29. The molecule has 0 saturated carbocycles. The minimum atomic E-state index is -1.32. The van der Waals surface area contributed by atoms with E-state index in [1.165, 1.54) is 4.90 Å². The van der Waals surface area contributed by atoms with Crippen LogP contribution >= 0.6 is 0 Å². The lowest BCUT2D eigenvalue weighted by Crippen LogP contribution is -2.58. The van der Waals surface area contributed by atoms with E-state index in [9.17, 15) is 29.4 Å². The maximum atomic E-state index is 12.6. The first-order valence-corrected chi connectivity index (χ1v) is 8.75. The van der Waals surface area contributed by atoms with Crippen molar-refractivity contribution in [1.29, 1.82) is 0 Å². The summed E-state index contributed by atoms with van der Waals surface area (Å²) in [6, 6.07) is -4.54. The second-order valence-corrected chi connectivity index (χ2v) is 6.79. The molecule has 0 aliphatic carbocycles. The second-order valence-electron chi connectivity index (χ2n) is 6.79. The number of carboxylic acid groups (broad SMARTS) is 1. The molecule has 1 heterocycles. The van der Waals surface area contributed by atoms with Crippen molar-refractivity contribution < 1.29 is 34.5 Å². The van der Waals surface area contributed by atoms with Crippen molar-refractivity contribution in [3.8, 4) is 0 Å². The first-order valence-electron chi connectivity index (χ1n) is 8.75. The minimum absolute atomic E-state index is 0.231. The molecule has 3 amide bonds. The summed E-state index contributed by atoms with van der Waals surface area (Å²) in [6.07, 6.45) is 0.857. The Kier molecular flexibility index (Phi) is 8.60. The Morgan fingerprint density at radius 2 is 1.78 bits per heavy atom. The summed E-state index contributed by atoms with van der Waals surface area (Å²) < 4.78 is 0. The quantitative estimate of drug-likeness (QED) is 0.241. The SMILES string of the molecule is CC(C)C(NC(=O)C1CCCN1C(=O)C(CO)NC(=O)C(N)CO)C(=O)O. The van der Waals surface area contributed by atoms with Gasteiger partial charge in [0.2, 0.25) is 17.7 Å². The van der Waals surface area contributed by atoms with E-state index in [2.05, 4.69) is 10.6 Å². The number of aliphatic hydroxyl groups is 2. The minimum Gasteiger partial charge on any atom is -0.480 e. The number of amides is 3. The summed E-state index contributed by atoms with van der Waals surface area (Å²) >= 11 is 0. The van der Waals surface area contributed by atoms with Crippen LogP contribution in [0.1, 0.15) is 26.7 Å². The maximum Gasteiger partial charge on any atom is 0.326 e. The highest BCUT2D eigenvalue weighted by molar-refractivity contribution is 5.94. The third-order valence-corrected chi connectivity index (χ3v) is 4.40. The van der Waals surface area contributed by atoms with Gasteiger partial charge < -0.3 is 36.6 Å². The number of hydrogen-bond acceptors (Lipinski definition) is 7. The van der Waals surface area contributed by atoms with Crippen LogP contribution in [-0.4, -0.2) is 87.8 Å². The van der Waals surface area contributed by atoms with E-state index in [0.717, 1.165) is 0 Å². The predicted octanol–water partition coefficient (Wildman–Crippen LogP) is -3.00. The van der Waals surface area contributed by atoms with Crippen LogP contribution in [0.25, 0.3) is 0 Å². The molecule has 7 N–H and O–H groups in total. The summed E-state index contributed by atoms with van der Waals surface area (Å²) in [5.41, 5.74) is 5.37. The van der Waals surface area contributed by atoms with Crippen LogP contribution in [0.15, 0.2) is 0 Å². The Morgan fingerprint density at radius 1 is 1.15 bits per heavy atom. The fourth-order valence-corrected chi connectivity index (χ4v) is 2.81. The van der Waals surface area contributed by atoms with E-state index < -0.39 is 61.1 Å². The summed E-state index contributed by atoms with van der Waals surface area (Å²) in [7, 11) is 0. The van der Waals surface area contributed by atoms with Crippen LogP contribution in [0.4, 0.5) is 0 Å². The van der Waals surface area contributed by atoms with Gasteiger partial charge in [0, 0.05) is 6.54 Å². The Balaban J connectivity index is 2.84. The molecule has 154 valence electrons. The highest BCUT2D eigenvalue weighted by Crippen LogP contribution is 2.19. The lowest BCUT2D eigenvalue weighted by atomic mass is 10.0. The van der Waals surface area contributed by atoms with Gasteiger partial charge in [-0.25, -0.2) is 4.79 Å². The molecular weight excluding hydrogens is 360 g/mol. The molecule has 27 heavy (non-hydrogen) atoms. The van der Waals surface area contributed by atoms with Gasteiger partial charge in [0.1, 0.15) is 24.2 Å². The molecule has 0 aromatic heterocycles. The average molecular weight is 388 g/mol. The monoisotopic (exact) mass is 388 g/mol. The fraction of sp³-hybridized carbons (Fsp3) is 0.750. The predicted molar refractivity (Wildman–Crippen MR) is 93.2 cm³/mol. The molecule has 1 rings (SSSR count). The van der Waals surface area contributed by atoms with Crippen molar-refractivity contribution in [3.05, 3.63) is 0 Å². The second kappa shape index (κ2) is 10.2. The van der Waals surface area contributed by atoms with E-state index in [1.807, 2.05) is 0 Å². The van der Waals surface area contributed by atoms with Crippen molar-refractivity contribution in [1.82, 2.24) is 15.5 Å². The molecule has 1 fully saturated rings. The molecule has 11 heteroatoms. The van der Waals surface area contributed by atoms with Crippen LogP contribution < -0.4 is 16.4 Å². The molecular formula is C16H28N4O7. The number of likely N-dealkylation sites (tertiary alicyclic amines) is 1. The van der Waals surface area contributed by atoms with Crippen LogP contribution in [-0.2, 0) is 19.2 Å². The van der Waals surface area contributed by atoms with Crippen molar-refractivity contribution >= 4 is 23.7 Å². The van der Waals surface area contributed by atoms with E-state index in [4.69, 9.17) is 10.8 Å². The van der Waals surface area contributed by atoms with Crippen molar-refractivity contribution in [3.63, 3.8) is 0 Å². The van der Waals surface area contributed by atoms with Gasteiger partial charge in [-0.05, 0) is 18.8 Å². The smallest absolute Gasteiger partial charge is 0.326 e. The van der Waals surface area contributed by atoms with E-state index in [0.29, 0.717) is 12.8 Å². The molecule has 0 bridgehead atoms. The van der Waals surface area contributed by atoms with Crippen LogP contribution in [0.2, 0.25) is 0 Å². The van der Waals surface area contributed by atoms with Gasteiger partial charge in [0.15, 0.2) is 0 Å². The standard InChI is InChI=1S/C16H28N4O7/c1-8(2)12(16(26)27)19-14(24)11-4-3-5-20(11)15(25)10(7-22)18-13(23)9(17)6-21/h8-12,21-22H,3-7,17H2,1-2H3,(H,18,23)(H,19,24)(H,26,27). The van der Waals surface area contributed by atoms with Crippen LogP contribution in [0.3, 0.4) is 0 Å². The molecule has 0 spiro atoms. The molecule has 0 radical (unpaired) electrons. The molecule has 11 nitrogen and oxygen atoms in total. The van der Waals surface area contributed by atoms with Gasteiger partial charge in [-0.2, -0.15) is 0 Å². The normalized spacial score (nSPS) is 20.1. The third-order valence-electron chi connectivity index (χ3n) is 4.40. The zero-order chi connectivity index (χ0) is 20.7. The van der Waals surface area contributed by atoms with E-state index in [-0.39, 0.29) is 12.5 Å². The summed E-state index contributed by atoms with van der Waals surface area (Å²) in [5, 5.41) is 32.2. The number of nitrogens with zero attached hydrogens (tertiary/aromatic N) is 1. The Bertz CT molecular complexity index is 569. The number of aliphatic hydroxyl groups excluding tert-OH is 2. The average Bonchev–Trinajstić information content (AvgIpc) is 3.11. The van der Waals surface area contributed by atoms with Gasteiger partial charge in [0.05, 0.1) is 13.2 Å². The zero-order valence-electron chi connectivity index (χ0n) is 15.4. The van der Waals surface area contributed by atoms with E-state index in [1.54, 1.807) is 13.8 Å². The number of carboxylic acids is 1.